The van der Waals surface area contributed by atoms with E-state index in [-0.39, 0.29) is 0 Å². The molecule has 0 amide bonds. The Balaban J connectivity index is 2.26. The molecule has 4 nitrogen and oxygen atoms in total. The van der Waals surface area contributed by atoms with Crippen molar-refractivity contribution in [3.8, 4) is 5.75 Å². The van der Waals surface area contributed by atoms with Crippen LogP contribution < -0.4 is 15.4 Å². The lowest BCUT2D eigenvalue weighted by Crippen LogP contribution is -2.37. The second-order valence-electron chi connectivity index (χ2n) is 3.12. The monoisotopic (exact) mass is 179 g/mol. The van der Waals surface area contributed by atoms with Gasteiger partial charge < -0.3 is 15.4 Å². The van der Waals surface area contributed by atoms with Gasteiger partial charge in [0, 0.05) is 19.2 Å². The molecule has 0 radical (unpaired) electrons. The molecule has 1 aromatic rings. The van der Waals surface area contributed by atoms with Crippen LogP contribution in [0.1, 0.15) is 6.42 Å². The Kier molecular flexibility index (Phi) is 1.96. The van der Waals surface area contributed by atoms with Gasteiger partial charge in [-0.25, -0.2) is 4.98 Å². The molecule has 0 atom stereocenters. The summed E-state index contributed by atoms with van der Waals surface area (Å²) in [7, 11) is 1.60. The minimum Gasteiger partial charge on any atom is -0.493 e. The molecule has 0 saturated carbocycles. The first kappa shape index (κ1) is 8.16. The molecule has 1 aliphatic heterocycles. The molecule has 1 aromatic heterocycles. The van der Waals surface area contributed by atoms with Crippen LogP contribution in [0.25, 0.3) is 0 Å². The molecule has 1 aliphatic rings. The van der Waals surface area contributed by atoms with Gasteiger partial charge in [-0.05, 0) is 6.42 Å². The third-order valence-corrected chi connectivity index (χ3v) is 2.31. The van der Waals surface area contributed by atoms with Crippen molar-refractivity contribution >= 4 is 11.5 Å². The Morgan fingerprint density at radius 1 is 1.54 bits per heavy atom. The van der Waals surface area contributed by atoms with E-state index < -0.39 is 0 Å². The molecule has 70 valence electrons. The summed E-state index contributed by atoms with van der Waals surface area (Å²) < 4.78 is 5.09. The van der Waals surface area contributed by atoms with E-state index in [4.69, 9.17) is 10.5 Å². The molecule has 0 unspecified atom stereocenters. The predicted molar refractivity (Wildman–Crippen MR) is 52.0 cm³/mol. The highest BCUT2D eigenvalue weighted by atomic mass is 16.5. The van der Waals surface area contributed by atoms with E-state index in [1.807, 2.05) is 6.07 Å². The maximum absolute atomic E-state index is 5.60. The average molecular weight is 179 g/mol. The van der Waals surface area contributed by atoms with Crippen molar-refractivity contribution < 1.29 is 4.74 Å². The van der Waals surface area contributed by atoms with Gasteiger partial charge in [-0.3, -0.25) is 0 Å². The van der Waals surface area contributed by atoms with Crippen molar-refractivity contribution in [2.75, 3.05) is 30.8 Å². The number of nitrogens with two attached hydrogens (primary N) is 1. The smallest absolute Gasteiger partial charge is 0.166 e. The Morgan fingerprint density at radius 3 is 2.85 bits per heavy atom. The van der Waals surface area contributed by atoms with Crippen LogP contribution in [0.4, 0.5) is 11.5 Å². The van der Waals surface area contributed by atoms with Gasteiger partial charge in [-0.2, -0.15) is 0 Å². The number of ether oxygens (including phenoxy) is 1. The minimum absolute atomic E-state index is 0.451. The lowest BCUT2D eigenvalue weighted by Gasteiger charge is -2.33. The summed E-state index contributed by atoms with van der Waals surface area (Å²) in [5.74, 6) is 1.11. The van der Waals surface area contributed by atoms with Crippen LogP contribution in [0.5, 0.6) is 5.75 Å². The molecule has 2 heterocycles. The fourth-order valence-corrected chi connectivity index (χ4v) is 1.36. The number of nitrogen functional groups attached to an aromatic ring is 1. The van der Waals surface area contributed by atoms with Crippen molar-refractivity contribution in [2.45, 2.75) is 6.42 Å². The number of hydrogen-bond acceptors (Lipinski definition) is 4. The quantitative estimate of drug-likeness (QED) is 0.732. The van der Waals surface area contributed by atoms with Crippen molar-refractivity contribution in [1.29, 1.82) is 0 Å². The number of pyridine rings is 1. The molecule has 1 saturated heterocycles. The number of nitrogens with zero attached hydrogens (tertiary/aromatic N) is 2. The van der Waals surface area contributed by atoms with Gasteiger partial charge in [0.2, 0.25) is 0 Å². The molecule has 2 rings (SSSR count). The standard InChI is InChI=1S/C9H13N3O/c1-13-8-5-7(6-11-9(8)10)12-3-2-4-12/h5-6H,2-4H2,1H3,(H2,10,11). The second-order valence-corrected chi connectivity index (χ2v) is 3.12. The minimum atomic E-state index is 0.451. The summed E-state index contributed by atoms with van der Waals surface area (Å²) in [5, 5.41) is 0. The molecule has 0 bridgehead atoms. The number of rotatable bonds is 2. The Labute approximate surface area is 77.3 Å². The number of methoxy groups -OCH3 is 1. The largest absolute Gasteiger partial charge is 0.493 e. The van der Waals surface area contributed by atoms with Crippen LogP contribution in [0.3, 0.4) is 0 Å². The Bertz CT molecular complexity index is 310. The van der Waals surface area contributed by atoms with Crippen LogP contribution in [0.15, 0.2) is 12.3 Å². The van der Waals surface area contributed by atoms with Gasteiger partial charge in [0.25, 0.3) is 0 Å². The van der Waals surface area contributed by atoms with E-state index >= 15 is 0 Å². The molecule has 2 N–H and O–H groups in total. The Morgan fingerprint density at radius 2 is 2.31 bits per heavy atom. The lowest BCUT2D eigenvalue weighted by molar-refractivity contribution is 0.415. The van der Waals surface area contributed by atoms with Crippen molar-refractivity contribution in [2.24, 2.45) is 0 Å². The van der Waals surface area contributed by atoms with Gasteiger partial charge in [0.1, 0.15) is 0 Å². The third-order valence-electron chi connectivity index (χ3n) is 2.31. The molecular formula is C9H13N3O. The zero-order chi connectivity index (χ0) is 9.26. The van der Waals surface area contributed by atoms with Gasteiger partial charge in [-0.15, -0.1) is 0 Å². The van der Waals surface area contributed by atoms with Crippen LogP contribution >= 0.6 is 0 Å². The lowest BCUT2D eigenvalue weighted by atomic mass is 10.2. The highest BCUT2D eigenvalue weighted by molar-refractivity contribution is 5.57. The van der Waals surface area contributed by atoms with E-state index in [2.05, 4.69) is 9.88 Å². The van der Waals surface area contributed by atoms with Crippen LogP contribution in [-0.4, -0.2) is 25.2 Å². The summed E-state index contributed by atoms with van der Waals surface area (Å²) in [4.78, 5) is 6.31. The van der Waals surface area contributed by atoms with E-state index in [9.17, 15) is 0 Å². The van der Waals surface area contributed by atoms with E-state index in [1.165, 1.54) is 6.42 Å². The fourth-order valence-electron chi connectivity index (χ4n) is 1.36. The molecule has 13 heavy (non-hydrogen) atoms. The van der Waals surface area contributed by atoms with Gasteiger partial charge in [0.05, 0.1) is 19.0 Å². The van der Waals surface area contributed by atoms with Crippen LogP contribution in [-0.2, 0) is 0 Å². The summed E-state index contributed by atoms with van der Waals surface area (Å²) in [6.45, 7) is 2.21. The van der Waals surface area contributed by atoms with E-state index in [0.29, 0.717) is 11.6 Å². The molecule has 0 aromatic carbocycles. The number of anilines is 2. The van der Waals surface area contributed by atoms with E-state index in [0.717, 1.165) is 18.8 Å². The fraction of sp³-hybridized carbons (Fsp3) is 0.444. The van der Waals surface area contributed by atoms with Crippen molar-refractivity contribution in [3.05, 3.63) is 12.3 Å². The van der Waals surface area contributed by atoms with Crippen LogP contribution in [0, 0.1) is 0 Å². The topological polar surface area (TPSA) is 51.4 Å². The van der Waals surface area contributed by atoms with Gasteiger partial charge in [-0.1, -0.05) is 0 Å². The Hall–Kier alpha value is -1.45. The third kappa shape index (κ3) is 1.39. The average Bonchev–Trinajstić information content (AvgIpc) is 2.05. The van der Waals surface area contributed by atoms with E-state index in [1.54, 1.807) is 13.3 Å². The molecule has 4 heteroatoms. The van der Waals surface area contributed by atoms with Crippen molar-refractivity contribution in [1.82, 2.24) is 4.98 Å². The zero-order valence-electron chi connectivity index (χ0n) is 7.66. The number of aromatic nitrogens is 1. The molecule has 0 spiro atoms. The summed E-state index contributed by atoms with van der Waals surface area (Å²) in [6, 6.07) is 1.93. The highest BCUT2D eigenvalue weighted by Crippen LogP contribution is 2.27. The van der Waals surface area contributed by atoms with Crippen LogP contribution in [0.2, 0.25) is 0 Å². The zero-order valence-corrected chi connectivity index (χ0v) is 7.66. The molecular weight excluding hydrogens is 166 g/mol. The normalized spacial score (nSPS) is 15.3. The first-order valence-electron chi connectivity index (χ1n) is 4.35. The summed E-state index contributed by atoms with van der Waals surface area (Å²) >= 11 is 0. The first-order chi connectivity index (χ1) is 6.31. The van der Waals surface area contributed by atoms with Gasteiger partial charge >= 0.3 is 0 Å². The number of hydrogen-bond donors (Lipinski definition) is 1. The first-order valence-corrected chi connectivity index (χ1v) is 4.35. The molecule has 1 fully saturated rings. The summed E-state index contributed by atoms with van der Waals surface area (Å²) in [5.41, 5.74) is 6.70. The SMILES string of the molecule is COc1cc(N2CCC2)cnc1N. The molecule has 0 aliphatic carbocycles. The second kappa shape index (κ2) is 3.12. The maximum atomic E-state index is 5.60. The van der Waals surface area contributed by atoms with Crippen molar-refractivity contribution in [3.63, 3.8) is 0 Å². The maximum Gasteiger partial charge on any atom is 0.166 e. The summed E-state index contributed by atoms with van der Waals surface area (Å²) in [6.07, 6.45) is 3.05. The highest BCUT2D eigenvalue weighted by Gasteiger charge is 2.15. The predicted octanol–water partition coefficient (Wildman–Crippen LogP) is 0.883. The van der Waals surface area contributed by atoms with Gasteiger partial charge in [0.15, 0.2) is 11.6 Å².